The Hall–Kier alpha value is -2.54. The van der Waals surface area contributed by atoms with Crippen LogP contribution in [0.4, 0.5) is 5.69 Å². The van der Waals surface area contributed by atoms with Gasteiger partial charge in [-0.2, -0.15) is 0 Å². The van der Waals surface area contributed by atoms with Crippen molar-refractivity contribution in [3.8, 4) is 11.5 Å². The number of benzene rings is 1. The molecular weight excluding hydrogens is 442 g/mol. The van der Waals surface area contributed by atoms with Crippen LogP contribution in [0, 0.1) is 17.3 Å². The van der Waals surface area contributed by atoms with E-state index in [1.807, 2.05) is 33.0 Å². The van der Waals surface area contributed by atoms with Crippen LogP contribution in [-0.4, -0.2) is 58.4 Å². The van der Waals surface area contributed by atoms with Crippen molar-refractivity contribution in [1.29, 1.82) is 0 Å². The van der Waals surface area contributed by atoms with Crippen LogP contribution >= 0.6 is 0 Å². The highest BCUT2D eigenvalue weighted by Crippen LogP contribution is 2.72. The number of ether oxygens (including phenoxy) is 2. The second kappa shape index (κ2) is 6.05. The summed E-state index contributed by atoms with van der Waals surface area (Å²) in [5, 5.41) is 3.22. The van der Waals surface area contributed by atoms with Crippen LogP contribution in [0.5, 0.6) is 11.5 Å². The Labute approximate surface area is 206 Å². The molecule has 8 rings (SSSR count). The van der Waals surface area contributed by atoms with Crippen molar-refractivity contribution in [2.45, 2.75) is 76.0 Å². The highest BCUT2D eigenvalue weighted by atomic mass is 16.5. The maximum Gasteiger partial charge on any atom is 0.243 e. The van der Waals surface area contributed by atoms with Crippen molar-refractivity contribution in [3.05, 3.63) is 30.0 Å². The zero-order valence-corrected chi connectivity index (χ0v) is 21.5. The first-order valence-electron chi connectivity index (χ1n) is 13.0. The van der Waals surface area contributed by atoms with Crippen molar-refractivity contribution >= 4 is 17.5 Å². The molecule has 1 aliphatic carbocycles. The Balaban J connectivity index is 1.41. The number of nitrogens with one attached hydrogen (secondary N) is 1. The van der Waals surface area contributed by atoms with E-state index in [1.54, 1.807) is 6.26 Å². The second-order valence-electron chi connectivity index (χ2n) is 13.0. The van der Waals surface area contributed by atoms with Crippen LogP contribution in [0.3, 0.4) is 0 Å². The first-order valence-corrected chi connectivity index (χ1v) is 13.0. The number of amides is 2. The maximum absolute atomic E-state index is 14.1. The lowest BCUT2D eigenvalue weighted by Gasteiger charge is -2.65. The molecule has 2 amide bonds. The van der Waals surface area contributed by atoms with E-state index in [0.29, 0.717) is 29.5 Å². The summed E-state index contributed by atoms with van der Waals surface area (Å²) in [6.07, 6.45) is 6.05. The molecule has 6 aliphatic heterocycles. The summed E-state index contributed by atoms with van der Waals surface area (Å²) < 4.78 is 12.3. The standard InChI is InChI=1S/C28H35N3O4/c1-16-9-11-31-15-26-14-27(25(4,5)19(26)13-28(16,31)23(33)30(26)6)17-7-8-18-21(20(17)29-22(27)32)34-12-10-24(2,3)35-18/h7-8,10,12,16,19H,9,11,13-15H2,1-6H3,(H,29,32)/t16-,19+,26+,27+,28+/m0/s1. The largest absolute Gasteiger partial charge is 0.480 e. The van der Waals surface area contributed by atoms with Gasteiger partial charge in [0.1, 0.15) is 11.1 Å². The summed E-state index contributed by atoms with van der Waals surface area (Å²) in [6, 6.07) is 4.01. The number of hydrogen-bond donors (Lipinski definition) is 1. The molecule has 7 nitrogen and oxygen atoms in total. The van der Waals surface area contributed by atoms with Crippen LogP contribution in [0.25, 0.3) is 0 Å². The van der Waals surface area contributed by atoms with Gasteiger partial charge in [0.05, 0.1) is 22.9 Å². The summed E-state index contributed by atoms with van der Waals surface area (Å²) in [4.78, 5) is 32.6. The van der Waals surface area contributed by atoms with Crippen LogP contribution in [0.15, 0.2) is 24.5 Å². The predicted molar refractivity (Wildman–Crippen MR) is 131 cm³/mol. The quantitative estimate of drug-likeness (QED) is 0.617. The smallest absolute Gasteiger partial charge is 0.243 e. The fourth-order valence-electron chi connectivity index (χ4n) is 9.05. The number of piperidine rings is 2. The SMILES string of the molecule is C[C@H]1CCN2C[C@]34C[C@@]5(C(=O)Nc6c5ccc5c6OC=CC(C)(C)O5)C(C)(C)[C@H]3C[C@]12C(=O)N4C. The molecule has 35 heavy (non-hydrogen) atoms. The van der Waals surface area contributed by atoms with Gasteiger partial charge in [-0.25, -0.2) is 0 Å². The number of piperazine rings is 1. The Morgan fingerprint density at radius 2 is 1.91 bits per heavy atom. The van der Waals surface area contributed by atoms with E-state index in [0.717, 1.165) is 31.5 Å². The third-order valence-electron chi connectivity index (χ3n) is 11.0. The highest BCUT2D eigenvalue weighted by molar-refractivity contribution is 6.09. The number of hydrogen-bond acceptors (Lipinski definition) is 5. The minimum absolute atomic E-state index is 0.0146. The van der Waals surface area contributed by atoms with E-state index < -0.39 is 16.6 Å². The fourth-order valence-corrected chi connectivity index (χ4v) is 9.05. The number of carbonyl (C=O) groups excluding carboxylic acids is 2. The maximum atomic E-state index is 14.1. The van der Waals surface area contributed by atoms with Gasteiger partial charge in [0.15, 0.2) is 11.5 Å². The Kier molecular flexibility index (Phi) is 3.75. The van der Waals surface area contributed by atoms with E-state index in [9.17, 15) is 9.59 Å². The molecular formula is C28H35N3O4. The Morgan fingerprint density at radius 1 is 1.14 bits per heavy atom. The average Bonchev–Trinajstić information content (AvgIpc) is 3.29. The highest BCUT2D eigenvalue weighted by Gasteiger charge is 2.80. The van der Waals surface area contributed by atoms with Gasteiger partial charge in [0.2, 0.25) is 11.8 Å². The number of likely N-dealkylation sites (N-methyl/N-ethyl adjacent to an activating group) is 1. The van der Waals surface area contributed by atoms with Gasteiger partial charge in [-0.1, -0.05) is 26.8 Å². The fraction of sp³-hybridized carbons (Fsp3) is 0.643. The topological polar surface area (TPSA) is 71.1 Å². The molecule has 3 spiro atoms. The van der Waals surface area contributed by atoms with Crippen LogP contribution in [0.2, 0.25) is 0 Å². The lowest BCUT2D eigenvalue weighted by molar-refractivity contribution is -0.189. The summed E-state index contributed by atoms with van der Waals surface area (Å²) in [6.45, 7) is 12.5. The van der Waals surface area contributed by atoms with Gasteiger partial charge in [0.25, 0.3) is 0 Å². The minimum Gasteiger partial charge on any atom is -0.480 e. The van der Waals surface area contributed by atoms with Crippen molar-refractivity contribution in [3.63, 3.8) is 0 Å². The normalized spacial score (nSPS) is 41.6. The van der Waals surface area contributed by atoms with Crippen LogP contribution in [0.1, 0.15) is 59.4 Å². The third kappa shape index (κ3) is 2.16. The molecule has 5 atom stereocenters. The Morgan fingerprint density at radius 3 is 2.69 bits per heavy atom. The van der Waals surface area contributed by atoms with Crippen LogP contribution in [-0.2, 0) is 15.0 Å². The first kappa shape index (κ1) is 21.7. The van der Waals surface area contributed by atoms with Gasteiger partial charge in [-0.05, 0) is 74.6 Å². The molecule has 4 saturated heterocycles. The summed E-state index contributed by atoms with van der Waals surface area (Å²) in [5.41, 5.74) is -0.714. The Bertz CT molecular complexity index is 1240. The number of carbonyl (C=O) groups is 2. The van der Waals surface area contributed by atoms with Gasteiger partial charge in [0, 0.05) is 13.6 Å². The molecule has 7 heteroatoms. The number of nitrogens with zero attached hydrogens (tertiary/aromatic N) is 2. The molecule has 1 saturated carbocycles. The van der Waals surface area contributed by atoms with Crippen molar-refractivity contribution in [2.75, 3.05) is 25.5 Å². The molecule has 186 valence electrons. The predicted octanol–water partition coefficient (Wildman–Crippen LogP) is 3.68. The van der Waals surface area contributed by atoms with E-state index in [4.69, 9.17) is 9.47 Å². The third-order valence-corrected chi connectivity index (χ3v) is 11.0. The van der Waals surface area contributed by atoms with Crippen LogP contribution < -0.4 is 14.8 Å². The molecule has 1 aromatic rings. The molecule has 0 aromatic heterocycles. The molecule has 2 bridgehead atoms. The molecule has 6 heterocycles. The minimum atomic E-state index is -0.750. The number of fused-ring (bicyclic) bond motifs is 5. The molecule has 0 radical (unpaired) electrons. The second-order valence-corrected chi connectivity index (χ2v) is 13.0. The van der Waals surface area contributed by atoms with E-state index >= 15 is 0 Å². The lowest BCUT2D eigenvalue weighted by Crippen LogP contribution is -2.79. The zero-order chi connectivity index (χ0) is 24.8. The first-order chi connectivity index (χ1) is 16.4. The molecule has 7 aliphatic rings. The van der Waals surface area contributed by atoms with Crippen molar-refractivity contribution < 1.29 is 19.1 Å². The van der Waals surface area contributed by atoms with Gasteiger partial charge in [-0.15, -0.1) is 0 Å². The summed E-state index contributed by atoms with van der Waals surface area (Å²) >= 11 is 0. The number of anilines is 1. The van der Waals surface area contributed by atoms with Gasteiger partial charge < -0.3 is 19.7 Å². The molecule has 0 unspecified atom stereocenters. The van der Waals surface area contributed by atoms with E-state index in [2.05, 4.69) is 42.0 Å². The number of rotatable bonds is 0. The zero-order valence-electron chi connectivity index (χ0n) is 21.5. The van der Waals surface area contributed by atoms with Gasteiger partial charge in [-0.3, -0.25) is 14.5 Å². The molecule has 5 fully saturated rings. The summed E-state index contributed by atoms with van der Waals surface area (Å²) in [7, 11) is 1.99. The van der Waals surface area contributed by atoms with E-state index in [1.165, 1.54) is 0 Å². The molecule has 1 aromatic carbocycles. The van der Waals surface area contributed by atoms with Gasteiger partial charge >= 0.3 is 0 Å². The monoisotopic (exact) mass is 477 g/mol. The van der Waals surface area contributed by atoms with Crippen molar-refractivity contribution in [1.82, 2.24) is 9.80 Å². The molecule has 1 N–H and O–H groups in total. The van der Waals surface area contributed by atoms with Crippen molar-refractivity contribution in [2.24, 2.45) is 17.3 Å². The average molecular weight is 478 g/mol. The summed E-state index contributed by atoms with van der Waals surface area (Å²) in [5.74, 6) is 2.01. The van der Waals surface area contributed by atoms with E-state index in [-0.39, 0.29) is 28.7 Å². The lowest BCUT2D eigenvalue weighted by atomic mass is 9.56.